The summed E-state index contributed by atoms with van der Waals surface area (Å²) in [6, 6.07) is 8.99. The fraction of sp³-hybridized carbons (Fsp3) is 0.167. The van der Waals surface area contributed by atoms with Crippen LogP contribution in [0.1, 0.15) is 17.3 Å². The number of fused-ring (bicyclic) bond motifs is 1. The van der Waals surface area contributed by atoms with E-state index in [2.05, 4.69) is 4.99 Å². The third-order valence-corrected chi connectivity index (χ3v) is 5.82. The molecule has 0 unspecified atom stereocenters. The van der Waals surface area contributed by atoms with E-state index in [1.807, 2.05) is 0 Å². The number of rotatable bonds is 5. The van der Waals surface area contributed by atoms with Crippen LogP contribution in [0.4, 0.5) is 4.39 Å². The molecule has 0 atom stereocenters. The molecule has 2 N–H and O–H groups in total. The number of aromatic nitrogens is 1. The third-order valence-electron chi connectivity index (χ3n) is 3.86. The zero-order chi connectivity index (χ0) is 21.2. The summed E-state index contributed by atoms with van der Waals surface area (Å²) < 4.78 is 43.2. The van der Waals surface area contributed by atoms with Gasteiger partial charge in [0.05, 0.1) is 21.7 Å². The molecule has 0 radical (unpaired) electrons. The molecule has 0 saturated heterocycles. The molecule has 0 fully saturated rings. The van der Waals surface area contributed by atoms with Gasteiger partial charge in [-0.2, -0.15) is 4.99 Å². The first-order valence-electron chi connectivity index (χ1n) is 8.35. The van der Waals surface area contributed by atoms with Crippen LogP contribution in [-0.2, 0) is 26.1 Å². The highest BCUT2D eigenvalue weighted by atomic mass is 32.2. The predicted octanol–water partition coefficient (Wildman–Crippen LogP) is 1.79. The lowest BCUT2D eigenvalue weighted by molar-refractivity contribution is -0.143. The standard InChI is InChI=1S/C18H16FN3O5S2/c1-2-27-16(23)10-22-14-8-7-13(29(20,25)26)9-15(14)28-18(22)21-17(24)11-3-5-12(19)6-4-11/h3-9H,2,10H2,1H3,(H2,20,25,26). The van der Waals surface area contributed by atoms with Crippen molar-refractivity contribution in [3.05, 3.63) is 58.6 Å². The van der Waals surface area contributed by atoms with Gasteiger partial charge < -0.3 is 9.30 Å². The van der Waals surface area contributed by atoms with Crippen molar-refractivity contribution in [1.82, 2.24) is 4.57 Å². The number of amides is 1. The summed E-state index contributed by atoms with van der Waals surface area (Å²) >= 11 is 1.01. The van der Waals surface area contributed by atoms with E-state index in [0.29, 0.717) is 10.2 Å². The van der Waals surface area contributed by atoms with Crippen LogP contribution in [0, 0.1) is 5.82 Å². The van der Waals surface area contributed by atoms with Gasteiger partial charge in [0.2, 0.25) is 10.0 Å². The molecule has 1 amide bonds. The maximum absolute atomic E-state index is 13.1. The molecule has 0 aliphatic heterocycles. The number of hydrogen-bond donors (Lipinski definition) is 1. The largest absolute Gasteiger partial charge is 0.465 e. The van der Waals surface area contributed by atoms with Crippen LogP contribution in [0.5, 0.6) is 0 Å². The molecule has 11 heteroatoms. The highest BCUT2D eigenvalue weighted by molar-refractivity contribution is 7.89. The summed E-state index contributed by atoms with van der Waals surface area (Å²) in [5.41, 5.74) is 0.651. The molecule has 0 bridgehead atoms. The number of esters is 1. The van der Waals surface area contributed by atoms with E-state index < -0.39 is 27.7 Å². The van der Waals surface area contributed by atoms with Crippen molar-refractivity contribution in [2.45, 2.75) is 18.4 Å². The van der Waals surface area contributed by atoms with Crippen molar-refractivity contribution in [2.75, 3.05) is 6.61 Å². The molecule has 3 rings (SSSR count). The number of hydrogen-bond acceptors (Lipinski definition) is 6. The molecular weight excluding hydrogens is 421 g/mol. The van der Waals surface area contributed by atoms with Crippen LogP contribution < -0.4 is 9.94 Å². The van der Waals surface area contributed by atoms with Gasteiger partial charge in [-0.05, 0) is 49.4 Å². The highest BCUT2D eigenvalue weighted by Gasteiger charge is 2.16. The van der Waals surface area contributed by atoms with Gasteiger partial charge in [0.1, 0.15) is 12.4 Å². The van der Waals surface area contributed by atoms with Crippen molar-refractivity contribution < 1.29 is 27.1 Å². The number of carbonyl (C=O) groups excluding carboxylic acids is 2. The summed E-state index contributed by atoms with van der Waals surface area (Å²) in [5, 5.41) is 5.17. The third kappa shape index (κ3) is 4.75. The van der Waals surface area contributed by atoms with E-state index in [0.717, 1.165) is 23.5 Å². The van der Waals surface area contributed by atoms with Crippen LogP contribution in [0.3, 0.4) is 0 Å². The van der Waals surface area contributed by atoms with Crippen molar-refractivity contribution in [2.24, 2.45) is 10.1 Å². The van der Waals surface area contributed by atoms with E-state index in [4.69, 9.17) is 9.88 Å². The summed E-state index contributed by atoms with van der Waals surface area (Å²) in [6.07, 6.45) is 0. The van der Waals surface area contributed by atoms with Crippen LogP contribution in [0.15, 0.2) is 52.4 Å². The fourth-order valence-corrected chi connectivity index (χ4v) is 4.23. The molecule has 1 heterocycles. The number of nitrogens with zero attached hydrogens (tertiary/aromatic N) is 2. The Morgan fingerprint density at radius 3 is 2.52 bits per heavy atom. The van der Waals surface area contributed by atoms with Gasteiger partial charge in [0.25, 0.3) is 5.91 Å². The smallest absolute Gasteiger partial charge is 0.326 e. The SMILES string of the molecule is CCOC(=O)Cn1c(=NC(=O)c2ccc(F)cc2)sc2cc(S(N)(=O)=O)ccc21. The van der Waals surface area contributed by atoms with Crippen LogP contribution in [-0.4, -0.2) is 31.5 Å². The number of halogens is 1. The topological polar surface area (TPSA) is 121 Å². The molecular formula is C18H16FN3O5S2. The number of thiazole rings is 1. The second kappa shape index (κ2) is 8.23. The van der Waals surface area contributed by atoms with Crippen LogP contribution in [0.25, 0.3) is 10.2 Å². The Kier molecular flexibility index (Phi) is 5.91. The maximum Gasteiger partial charge on any atom is 0.326 e. The molecule has 3 aromatic rings. The monoisotopic (exact) mass is 437 g/mol. The summed E-state index contributed by atoms with van der Waals surface area (Å²) in [7, 11) is -3.93. The van der Waals surface area contributed by atoms with Gasteiger partial charge in [-0.3, -0.25) is 9.59 Å². The minimum Gasteiger partial charge on any atom is -0.465 e. The maximum atomic E-state index is 13.1. The normalized spacial score (nSPS) is 12.3. The first-order valence-corrected chi connectivity index (χ1v) is 10.7. The van der Waals surface area contributed by atoms with Crippen LogP contribution >= 0.6 is 11.3 Å². The Balaban J connectivity index is 2.16. The number of carbonyl (C=O) groups is 2. The van der Waals surface area contributed by atoms with E-state index in [1.54, 1.807) is 6.92 Å². The number of ether oxygens (including phenoxy) is 1. The number of nitrogens with two attached hydrogens (primary N) is 1. The molecule has 1 aromatic heterocycles. The molecule has 29 heavy (non-hydrogen) atoms. The summed E-state index contributed by atoms with van der Waals surface area (Å²) in [5.74, 6) is -1.67. The van der Waals surface area contributed by atoms with Gasteiger partial charge in [-0.1, -0.05) is 11.3 Å². The van der Waals surface area contributed by atoms with E-state index in [-0.39, 0.29) is 28.4 Å². The Bertz CT molecular complexity index is 1260. The summed E-state index contributed by atoms with van der Waals surface area (Å²) in [6.45, 7) is 1.62. The quantitative estimate of drug-likeness (QED) is 0.610. The minimum absolute atomic E-state index is 0.106. The van der Waals surface area contributed by atoms with Crippen LogP contribution in [0.2, 0.25) is 0 Å². The molecule has 8 nitrogen and oxygen atoms in total. The van der Waals surface area contributed by atoms with E-state index >= 15 is 0 Å². The molecule has 0 aliphatic rings. The Morgan fingerprint density at radius 1 is 1.21 bits per heavy atom. The van der Waals surface area contributed by atoms with Gasteiger partial charge in [-0.25, -0.2) is 17.9 Å². The second-order valence-electron chi connectivity index (χ2n) is 5.87. The van der Waals surface area contributed by atoms with E-state index in [9.17, 15) is 22.4 Å². The van der Waals surface area contributed by atoms with Gasteiger partial charge in [0.15, 0.2) is 4.80 Å². The summed E-state index contributed by atoms with van der Waals surface area (Å²) in [4.78, 5) is 28.6. The molecule has 0 spiro atoms. The Hall–Kier alpha value is -2.89. The van der Waals surface area contributed by atoms with Crippen molar-refractivity contribution >= 4 is 43.5 Å². The lowest BCUT2D eigenvalue weighted by Gasteiger charge is -2.05. The molecule has 2 aromatic carbocycles. The Labute approximate surface area is 169 Å². The predicted molar refractivity (Wildman–Crippen MR) is 104 cm³/mol. The lowest BCUT2D eigenvalue weighted by atomic mass is 10.2. The fourth-order valence-electron chi connectivity index (χ4n) is 2.55. The first-order chi connectivity index (χ1) is 13.7. The lowest BCUT2D eigenvalue weighted by Crippen LogP contribution is -2.23. The molecule has 0 saturated carbocycles. The number of sulfonamides is 1. The number of primary sulfonamides is 1. The average Bonchev–Trinajstić information content (AvgIpc) is 2.98. The Morgan fingerprint density at radius 2 is 1.90 bits per heavy atom. The molecule has 152 valence electrons. The number of benzene rings is 2. The molecule has 0 aliphatic carbocycles. The van der Waals surface area contributed by atoms with Gasteiger partial charge >= 0.3 is 5.97 Å². The zero-order valence-electron chi connectivity index (χ0n) is 15.2. The minimum atomic E-state index is -3.93. The average molecular weight is 437 g/mol. The zero-order valence-corrected chi connectivity index (χ0v) is 16.8. The second-order valence-corrected chi connectivity index (χ2v) is 8.44. The van der Waals surface area contributed by atoms with Crippen molar-refractivity contribution in [1.29, 1.82) is 0 Å². The van der Waals surface area contributed by atoms with Crippen molar-refractivity contribution in [3.63, 3.8) is 0 Å². The first kappa shape index (κ1) is 20.8. The van der Waals surface area contributed by atoms with E-state index in [1.165, 1.54) is 34.9 Å². The van der Waals surface area contributed by atoms with Gasteiger partial charge in [0, 0.05) is 5.56 Å². The van der Waals surface area contributed by atoms with Crippen molar-refractivity contribution in [3.8, 4) is 0 Å². The van der Waals surface area contributed by atoms with Gasteiger partial charge in [-0.15, -0.1) is 0 Å². The highest BCUT2D eigenvalue weighted by Crippen LogP contribution is 2.21.